The first-order valence-corrected chi connectivity index (χ1v) is 10.4. The molecule has 0 N–H and O–H groups in total. The highest BCUT2D eigenvalue weighted by Gasteiger charge is 2.19. The van der Waals surface area contributed by atoms with Crippen LogP contribution in [0, 0.1) is 13.8 Å². The second kappa shape index (κ2) is 8.15. The lowest BCUT2D eigenvalue weighted by atomic mass is 10.0. The van der Waals surface area contributed by atoms with Crippen molar-refractivity contribution in [1.82, 2.24) is 19.4 Å². The van der Waals surface area contributed by atoms with Gasteiger partial charge in [0.05, 0.1) is 28.8 Å². The van der Waals surface area contributed by atoms with Crippen molar-refractivity contribution in [1.29, 1.82) is 0 Å². The minimum Gasteiger partial charge on any atom is -0.455 e. The zero-order valence-electron chi connectivity index (χ0n) is 17.9. The van der Waals surface area contributed by atoms with E-state index in [4.69, 9.17) is 4.74 Å². The molecule has 32 heavy (non-hydrogen) atoms. The highest BCUT2D eigenvalue weighted by atomic mass is 16.5. The molecule has 0 unspecified atom stereocenters. The van der Waals surface area contributed by atoms with Gasteiger partial charge in [-0.25, -0.2) is 9.20 Å². The van der Waals surface area contributed by atoms with Gasteiger partial charge in [-0.2, -0.15) is 10.2 Å². The van der Waals surface area contributed by atoms with Crippen LogP contribution < -0.4 is 4.74 Å². The Labute approximate surface area is 185 Å². The first-order valence-electron chi connectivity index (χ1n) is 10.4. The zero-order valence-corrected chi connectivity index (χ0v) is 17.9. The number of benzene rings is 2. The number of hydrogen-bond acceptors (Lipinski definition) is 4. The maximum atomic E-state index is 13.1. The summed E-state index contributed by atoms with van der Waals surface area (Å²) in [5.41, 5.74) is 5.05. The van der Waals surface area contributed by atoms with Gasteiger partial charge in [0, 0.05) is 12.6 Å². The lowest BCUT2D eigenvalue weighted by molar-refractivity contribution is 0.0991. The molecular weight excluding hydrogens is 400 g/mol. The van der Waals surface area contributed by atoms with Crippen molar-refractivity contribution in [2.45, 2.75) is 20.3 Å². The minimum atomic E-state index is 0.0554. The highest BCUT2D eigenvalue weighted by Crippen LogP contribution is 2.26. The van der Waals surface area contributed by atoms with Crippen LogP contribution in [-0.4, -0.2) is 25.2 Å². The number of aromatic nitrogens is 4. The fourth-order valence-corrected chi connectivity index (χ4v) is 3.95. The number of carbonyl (C=O) groups excluding carboxylic acids is 1. The van der Waals surface area contributed by atoms with Gasteiger partial charge in [0.2, 0.25) is 0 Å². The van der Waals surface area contributed by atoms with Gasteiger partial charge in [0.15, 0.2) is 11.5 Å². The van der Waals surface area contributed by atoms with Crippen LogP contribution in [0.2, 0.25) is 0 Å². The molecule has 0 aliphatic heterocycles. The first kappa shape index (κ1) is 19.8. The lowest BCUT2D eigenvalue weighted by Gasteiger charge is -2.08. The van der Waals surface area contributed by atoms with E-state index in [1.807, 2.05) is 97.5 Å². The fourth-order valence-electron chi connectivity index (χ4n) is 3.95. The Morgan fingerprint density at radius 1 is 0.938 bits per heavy atom. The van der Waals surface area contributed by atoms with E-state index in [1.54, 1.807) is 10.7 Å². The van der Waals surface area contributed by atoms with Crippen molar-refractivity contribution in [2.75, 3.05) is 0 Å². The van der Waals surface area contributed by atoms with E-state index in [2.05, 4.69) is 10.2 Å². The van der Waals surface area contributed by atoms with E-state index in [1.165, 1.54) is 0 Å². The molecule has 0 radical (unpaired) electrons. The summed E-state index contributed by atoms with van der Waals surface area (Å²) in [6, 6.07) is 23.2. The van der Waals surface area contributed by atoms with Crippen LogP contribution in [0.1, 0.15) is 27.3 Å². The fraction of sp³-hybridized carbons (Fsp3) is 0.115. The van der Waals surface area contributed by atoms with Crippen molar-refractivity contribution in [3.8, 4) is 17.2 Å². The molecule has 0 bridgehead atoms. The van der Waals surface area contributed by atoms with Gasteiger partial charge in [0.1, 0.15) is 11.3 Å². The number of ether oxygens (including phenoxy) is 1. The average Bonchev–Trinajstić information content (AvgIpc) is 3.40. The molecule has 3 aromatic heterocycles. The number of rotatable bonds is 6. The van der Waals surface area contributed by atoms with Crippen molar-refractivity contribution < 1.29 is 9.53 Å². The minimum absolute atomic E-state index is 0.0554. The summed E-state index contributed by atoms with van der Waals surface area (Å²) in [6.45, 7) is 3.82. The molecule has 3 heterocycles. The number of carbonyl (C=O) groups is 1. The van der Waals surface area contributed by atoms with E-state index >= 15 is 0 Å². The van der Waals surface area contributed by atoms with Gasteiger partial charge in [-0.1, -0.05) is 30.3 Å². The van der Waals surface area contributed by atoms with Crippen LogP contribution in [0.4, 0.5) is 0 Å². The maximum Gasteiger partial charge on any atom is 0.170 e. The number of Topliss-reactive ketones (excluding diaryl/α,β-unsaturated/α-hetero) is 1. The normalized spacial score (nSPS) is 11.1. The highest BCUT2D eigenvalue weighted by molar-refractivity contribution is 5.99. The monoisotopic (exact) mass is 422 g/mol. The molecule has 5 aromatic rings. The molecule has 0 fully saturated rings. The first-order chi connectivity index (χ1) is 15.6. The van der Waals surface area contributed by atoms with Crippen molar-refractivity contribution >= 4 is 11.3 Å². The predicted octanol–water partition coefficient (Wildman–Crippen LogP) is 5.35. The number of hydrogen-bond donors (Lipinski definition) is 0. The zero-order chi connectivity index (χ0) is 22.1. The summed E-state index contributed by atoms with van der Waals surface area (Å²) in [4.78, 5) is 13.1. The van der Waals surface area contributed by atoms with Gasteiger partial charge >= 0.3 is 0 Å². The molecule has 0 amide bonds. The Morgan fingerprint density at radius 3 is 2.50 bits per heavy atom. The van der Waals surface area contributed by atoms with Gasteiger partial charge in [-0.05, 0) is 61.9 Å². The predicted molar refractivity (Wildman–Crippen MR) is 123 cm³/mol. The Kier molecular flexibility index (Phi) is 5.03. The summed E-state index contributed by atoms with van der Waals surface area (Å²) < 4.78 is 9.62. The Hall–Kier alpha value is -4.19. The molecule has 0 saturated heterocycles. The Bertz CT molecular complexity index is 1400. The van der Waals surface area contributed by atoms with E-state index in [0.717, 1.165) is 33.9 Å². The van der Waals surface area contributed by atoms with Crippen LogP contribution in [0.3, 0.4) is 0 Å². The maximum absolute atomic E-state index is 13.1. The molecule has 0 saturated carbocycles. The van der Waals surface area contributed by atoms with Crippen molar-refractivity contribution in [3.63, 3.8) is 0 Å². The Morgan fingerprint density at radius 2 is 1.72 bits per heavy atom. The van der Waals surface area contributed by atoms with E-state index in [9.17, 15) is 4.79 Å². The molecule has 5 rings (SSSR count). The molecule has 0 spiro atoms. The smallest absolute Gasteiger partial charge is 0.170 e. The summed E-state index contributed by atoms with van der Waals surface area (Å²) in [5.74, 6) is 1.49. The Balaban J connectivity index is 1.33. The van der Waals surface area contributed by atoms with Gasteiger partial charge in [0.25, 0.3) is 0 Å². The third-order valence-corrected chi connectivity index (χ3v) is 5.48. The van der Waals surface area contributed by atoms with Gasteiger partial charge in [-0.3, -0.25) is 4.79 Å². The topological polar surface area (TPSA) is 61.4 Å². The standard InChI is InChI=1S/C26H22N4O2/c1-18-26(19(2)30(28-18)21-7-4-3-5-8-21)24(31)17-20-10-12-22(13-11-20)32-25-9-6-16-29-23(25)14-15-27-29/h3-16H,17H2,1-2H3. The molecule has 6 nitrogen and oxygen atoms in total. The van der Waals surface area contributed by atoms with Crippen LogP contribution in [0.25, 0.3) is 11.2 Å². The second-order valence-electron chi connectivity index (χ2n) is 7.67. The van der Waals surface area contributed by atoms with E-state index < -0.39 is 0 Å². The average molecular weight is 422 g/mol. The molecule has 6 heteroatoms. The van der Waals surface area contributed by atoms with Gasteiger partial charge in [-0.15, -0.1) is 0 Å². The number of fused-ring (bicyclic) bond motifs is 1. The van der Waals surface area contributed by atoms with Gasteiger partial charge < -0.3 is 4.74 Å². The SMILES string of the molecule is Cc1nn(-c2ccccc2)c(C)c1C(=O)Cc1ccc(Oc2cccn3nccc23)cc1. The number of nitrogens with zero attached hydrogens (tertiary/aromatic N) is 4. The van der Waals surface area contributed by atoms with Crippen LogP contribution >= 0.6 is 0 Å². The lowest BCUT2D eigenvalue weighted by Crippen LogP contribution is -2.07. The number of para-hydroxylation sites is 1. The molecular formula is C26H22N4O2. The number of ketones is 1. The molecule has 0 aliphatic rings. The third kappa shape index (κ3) is 3.67. The molecule has 158 valence electrons. The second-order valence-corrected chi connectivity index (χ2v) is 7.67. The number of aryl methyl sites for hydroxylation is 1. The summed E-state index contributed by atoms with van der Waals surface area (Å²) in [6.07, 6.45) is 3.92. The van der Waals surface area contributed by atoms with Crippen molar-refractivity contribution in [2.24, 2.45) is 0 Å². The van der Waals surface area contributed by atoms with Crippen LogP contribution in [0.5, 0.6) is 11.5 Å². The van der Waals surface area contributed by atoms with Crippen LogP contribution in [-0.2, 0) is 6.42 Å². The van der Waals surface area contributed by atoms with Crippen molar-refractivity contribution in [3.05, 3.63) is 108 Å². The largest absolute Gasteiger partial charge is 0.455 e. The quantitative estimate of drug-likeness (QED) is 0.346. The van der Waals surface area contributed by atoms with E-state index in [0.29, 0.717) is 17.7 Å². The number of pyridine rings is 1. The summed E-state index contributed by atoms with van der Waals surface area (Å²) in [5, 5.41) is 8.82. The third-order valence-electron chi connectivity index (χ3n) is 5.48. The molecule has 0 atom stereocenters. The van der Waals surface area contributed by atoms with E-state index in [-0.39, 0.29) is 5.78 Å². The summed E-state index contributed by atoms with van der Waals surface area (Å²) >= 11 is 0. The van der Waals surface area contributed by atoms with Crippen LogP contribution in [0.15, 0.2) is 85.2 Å². The molecule has 2 aromatic carbocycles. The molecule has 0 aliphatic carbocycles. The summed E-state index contributed by atoms with van der Waals surface area (Å²) in [7, 11) is 0.